The summed E-state index contributed by atoms with van der Waals surface area (Å²) in [5.74, 6) is 0.113. The Morgan fingerprint density at radius 3 is 3.05 bits per heavy atom. The molecule has 0 saturated heterocycles. The first-order valence-electron chi connectivity index (χ1n) is 6.55. The average molecular weight is 307 g/mol. The summed E-state index contributed by atoms with van der Waals surface area (Å²) in [5, 5.41) is 5.84. The van der Waals surface area contributed by atoms with E-state index in [2.05, 4.69) is 16.8 Å². The lowest BCUT2D eigenvalue weighted by Crippen LogP contribution is -2.38. The number of nitrogens with one attached hydrogen (secondary N) is 1. The van der Waals surface area contributed by atoms with E-state index in [-0.39, 0.29) is 12.5 Å². The van der Waals surface area contributed by atoms with E-state index in [1.54, 1.807) is 11.3 Å². The van der Waals surface area contributed by atoms with Crippen LogP contribution in [-0.4, -0.2) is 23.9 Å². The SMILES string of the molecule is O=C(CNc1ccccc1Cl)N1CCc2sccc2C1. The topological polar surface area (TPSA) is 32.3 Å². The maximum atomic E-state index is 12.2. The van der Waals surface area contributed by atoms with Crippen LogP contribution in [0.4, 0.5) is 5.69 Å². The van der Waals surface area contributed by atoms with Gasteiger partial charge in [-0.15, -0.1) is 11.3 Å². The van der Waals surface area contributed by atoms with Gasteiger partial charge in [0.25, 0.3) is 0 Å². The summed E-state index contributed by atoms with van der Waals surface area (Å²) in [7, 11) is 0. The second kappa shape index (κ2) is 5.85. The van der Waals surface area contributed by atoms with Crippen LogP contribution in [0.3, 0.4) is 0 Å². The molecular weight excluding hydrogens is 292 g/mol. The van der Waals surface area contributed by atoms with E-state index in [4.69, 9.17) is 11.6 Å². The van der Waals surface area contributed by atoms with Gasteiger partial charge in [0.15, 0.2) is 0 Å². The van der Waals surface area contributed by atoms with Crippen LogP contribution in [-0.2, 0) is 17.8 Å². The number of hydrogen-bond donors (Lipinski definition) is 1. The number of benzene rings is 1. The molecule has 0 fully saturated rings. The van der Waals surface area contributed by atoms with Crippen LogP contribution in [0.25, 0.3) is 0 Å². The summed E-state index contributed by atoms with van der Waals surface area (Å²) < 4.78 is 0. The summed E-state index contributed by atoms with van der Waals surface area (Å²) >= 11 is 7.84. The van der Waals surface area contributed by atoms with Crippen molar-refractivity contribution in [1.82, 2.24) is 4.90 Å². The number of para-hydroxylation sites is 1. The Labute approximate surface area is 127 Å². The highest BCUT2D eigenvalue weighted by Gasteiger charge is 2.21. The van der Waals surface area contributed by atoms with Crippen LogP contribution < -0.4 is 5.32 Å². The summed E-state index contributed by atoms with van der Waals surface area (Å²) in [6.45, 7) is 1.81. The van der Waals surface area contributed by atoms with E-state index in [0.717, 1.165) is 25.2 Å². The lowest BCUT2D eigenvalue weighted by molar-refractivity contribution is -0.130. The molecule has 3 rings (SSSR count). The van der Waals surface area contributed by atoms with Crippen molar-refractivity contribution in [3.05, 3.63) is 51.2 Å². The first-order chi connectivity index (χ1) is 9.74. The number of halogens is 1. The molecule has 0 saturated carbocycles. The molecule has 0 bridgehead atoms. The van der Waals surface area contributed by atoms with Crippen molar-refractivity contribution in [2.75, 3.05) is 18.4 Å². The van der Waals surface area contributed by atoms with E-state index in [1.807, 2.05) is 29.2 Å². The van der Waals surface area contributed by atoms with Gasteiger partial charge in [0.1, 0.15) is 0 Å². The fourth-order valence-corrected chi connectivity index (χ4v) is 3.44. The van der Waals surface area contributed by atoms with Crippen molar-refractivity contribution in [3.63, 3.8) is 0 Å². The minimum Gasteiger partial charge on any atom is -0.375 e. The lowest BCUT2D eigenvalue weighted by Gasteiger charge is -2.27. The average Bonchev–Trinajstić information content (AvgIpc) is 2.93. The maximum absolute atomic E-state index is 12.2. The van der Waals surface area contributed by atoms with E-state index >= 15 is 0 Å². The van der Waals surface area contributed by atoms with Crippen molar-refractivity contribution in [2.45, 2.75) is 13.0 Å². The van der Waals surface area contributed by atoms with Crippen LogP contribution in [0, 0.1) is 0 Å². The monoisotopic (exact) mass is 306 g/mol. The van der Waals surface area contributed by atoms with Crippen LogP contribution in [0.5, 0.6) is 0 Å². The second-order valence-electron chi connectivity index (χ2n) is 4.77. The minimum absolute atomic E-state index is 0.113. The summed E-state index contributed by atoms with van der Waals surface area (Å²) in [6.07, 6.45) is 0.963. The van der Waals surface area contributed by atoms with Crippen molar-refractivity contribution in [2.24, 2.45) is 0 Å². The quantitative estimate of drug-likeness (QED) is 0.942. The highest BCUT2D eigenvalue weighted by molar-refractivity contribution is 7.10. The first-order valence-corrected chi connectivity index (χ1v) is 7.81. The molecule has 1 aliphatic heterocycles. The van der Waals surface area contributed by atoms with Gasteiger partial charge in [-0.2, -0.15) is 0 Å². The standard InChI is InChI=1S/C15H15ClN2OS/c16-12-3-1-2-4-13(12)17-9-15(19)18-7-5-14-11(10-18)6-8-20-14/h1-4,6,8,17H,5,7,9-10H2. The first kappa shape index (κ1) is 13.5. The van der Waals surface area contributed by atoms with Gasteiger partial charge >= 0.3 is 0 Å². The molecule has 1 aliphatic rings. The summed E-state index contributed by atoms with van der Waals surface area (Å²) in [5.41, 5.74) is 2.09. The largest absolute Gasteiger partial charge is 0.375 e. The molecule has 0 aliphatic carbocycles. The van der Waals surface area contributed by atoms with E-state index in [0.29, 0.717) is 5.02 Å². The Kier molecular flexibility index (Phi) is 3.94. The zero-order valence-electron chi connectivity index (χ0n) is 10.9. The Hall–Kier alpha value is -1.52. The number of carbonyl (C=O) groups excluding carboxylic acids is 1. The lowest BCUT2D eigenvalue weighted by atomic mass is 10.1. The number of amides is 1. The van der Waals surface area contributed by atoms with Crippen molar-refractivity contribution in [1.29, 1.82) is 0 Å². The molecule has 1 amide bonds. The molecule has 5 heteroatoms. The third-order valence-electron chi connectivity index (χ3n) is 3.46. The number of thiophene rings is 1. The molecule has 3 nitrogen and oxygen atoms in total. The van der Waals surface area contributed by atoms with Gasteiger partial charge in [0.05, 0.1) is 17.3 Å². The zero-order chi connectivity index (χ0) is 13.9. The Morgan fingerprint density at radius 1 is 1.35 bits per heavy atom. The number of fused-ring (bicyclic) bond motifs is 1. The molecule has 0 unspecified atom stereocenters. The van der Waals surface area contributed by atoms with Gasteiger partial charge in [-0.1, -0.05) is 23.7 Å². The maximum Gasteiger partial charge on any atom is 0.242 e. The summed E-state index contributed by atoms with van der Waals surface area (Å²) in [4.78, 5) is 15.6. The third kappa shape index (κ3) is 2.81. The molecule has 0 spiro atoms. The van der Waals surface area contributed by atoms with Crippen molar-refractivity contribution in [3.8, 4) is 0 Å². The molecule has 0 radical (unpaired) electrons. The normalized spacial score (nSPS) is 13.9. The predicted octanol–water partition coefficient (Wildman–Crippen LogP) is 3.40. The number of rotatable bonds is 3. The van der Waals surface area contributed by atoms with Gasteiger partial charge in [-0.25, -0.2) is 0 Å². The molecular formula is C15H15ClN2OS. The van der Waals surface area contributed by atoms with Crippen LogP contribution in [0.1, 0.15) is 10.4 Å². The van der Waals surface area contributed by atoms with Gasteiger partial charge in [0.2, 0.25) is 5.91 Å². The third-order valence-corrected chi connectivity index (χ3v) is 4.82. The Bertz CT molecular complexity index is 626. The Balaban J connectivity index is 1.59. The van der Waals surface area contributed by atoms with Gasteiger partial charge in [-0.05, 0) is 35.6 Å². The number of anilines is 1. The fraction of sp³-hybridized carbons (Fsp3) is 0.267. The summed E-state index contributed by atoms with van der Waals surface area (Å²) in [6, 6.07) is 9.58. The van der Waals surface area contributed by atoms with Crippen LogP contribution in [0.15, 0.2) is 35.7 Å². The smallest absolute Gasteiger partial charge is 0.242 e. The van der Waals surface area contributed by atoms with Crippen LogP contribution >= 0.6 is 22.9 Å². The second-order valence-corrected chi connectivity index (χ2v) is 6.18. The number of hydrogen-bond acceptors (Lipinski definition) is 3. The number of nitrogens with zero attached hydrogens (tertiary/aromatic N) is 1. The molecule has 1 N–H and O–H groups in total. The van der Waals surface area contributed by atoms with Crippen molar-refractivity contribution < 1.29 is 4.79 Å². The molecule has 0 atom stereocenters. The van der Waals surface area contributed by atoms with Crippen LogP contribution in [0.2, 0.25) is 5.02 Å². The molecule has 1 aromatic heterocycles. The fourth-order valence-electron chi connectivity index (χ4n) is 2.35. The van der Waals surface area contributed by atoms with Crippen molar-refractivity contribution >= 4 is 34.5 Å². The predicted molar refractivity (Wildman–Crippen MR) is 83.4 cm³/mol. The van der Waals surface area contributed by atoms with Gasteiger partial charge in [0, 0.05) is 18.0 Å². The van der Waals surface area contributed by atoms with Gasteiger partial charge < -0.3 is 10.2 Å². The zero-order valence-corrected chi connectivity index (χ0v) is 12.5. The molecule has 104 valence electrons. The van der Waals surface area contributed by atoms with E-state index in [9.17, 15) is 4.79 Å². The molecule has 1 aromatic carbocycles. The molecule has 2 heterocycles. The van der Waals surface area contributed by atoms with Gasteiger partial charge in [-0.3, -0.25) is 4.79 Å². The highest BCUT2D eigenvalue weighted by atomic mass is 35.5. The van der Waals surface area contributed by atoms with E-state index in [1.165, 1.54) is 10.4 Å². The molecule has 20 heavy (non-hydrogen) atoms. The number of carbonyl (C=O) groups is 1. The minimum atomic E-state index is 0.113. The molecule has 2 aromatic rings. The van der Waals surface area contributed by atoms with E-state index < -0.39 is 0 Å². The highest BCUT2D eigenvalue weighted by Crippen LogP contribution is 2.24. The Morgan fingerprint density at radius 2 is 2.20 bits per heavy atom.